The third kappa shape index (κ3) is 3.27. The van der Waals surface area contributed by atoms with Gasteiger partial charge in [0.1, 0.15) is 0 Å². The van der Waals surface area contributed by atoms with E-state index in [4.69, 9.17) is 0 Å². The van der Waals surface area contributed by atoms with Gasteiger partial charge in [-0.05, 0) is 24.3 Å². The Hall–Kier alpha value is -2.22. The Bertz CT molecular complexity index is 654. The highest BCUT2D eigenvalue weighted by molar-refractivity contribution is 6.02. The molecule has 106 valence electrons. The van der Waals surface area contributed by atoms with Gasteiger partial charge < -0.3 is 0 Å². The maximum atomic E-state index is 12.4. The minimum Gasteiger partial charge on any atom is -0.294 e. The lowest BCUT2D eigenvalue weighted by Crippen LogP contribution is -2.07. The van der Waals surface area contributed by atoms with E-state index in [1.54, 1.807) is 12.1 Å². The summed E-state index contributed by atoms with van der Waals surface area (Å²) >= 11 is 0. The predicted molar refractivity (Wildman–Crippen MR) is 82.8 cm³/mol. The molecule has 1 aliphatic carbocycles. The molecule has 0 atom stereocenters. The third-order valence-corrected chi connectivity index (χ3v) is 3.95. The second-order valence-electron chi connectivity index (χ2n) is 5.57. The molecule has 0 bridgehead atoms. The molecule has 0 unspecified atom stereocenters. The highest BCUT2D eigenvalue weighted by Crippen LogP contribution is 2.41. The van der Waals surface area contributed by atoms with Gasteiger partial charge in [-0.1, -0.05) is 54.6 Å². The van der Waals surface area contributed by atoms with Crippen molar-refractivity contribution in [3.8, 4) is 0 Å². The molecule has 1 saturated carbocycles. The monoisotopic (exact) mass is 278 g/mol. The summed E-state index contributed by atoms with van der Waals surface area (Å²) in [6.45, 7) is 0. The van der Waals surface area contributed by atoms with Crippen LogP contribution in [0.3, 0.4) is 0 Å². The van der Waals surface area contributed by atoms with Crippen LogP contribution in [0.2, 0.25) is 0 Å². The van der Waals surface area contributed by atoms with Crippen molar-refractivity contribution in [3.63, 3.8) is 0 Å². The molecule has 0 N–H and O–H groups in total. The van der Waals surface area contributed by atoms with Crippen LogP contribution in [0, 0.1) is 0 Å². The first kappa shape index (κ1) is 13.7. The molecule has 0 aromatic heterocycles. The van der Waals surface area contributed by atoms with Crippen molar-refractivity contribution >= 4 is 11.6 Å². The standard InChI is InChI=1S/C19H18O2/c20-18(15-6-2-1-3-7-15)12-13-19(21)17-9-5-4-8-16(17)14-10-11-14/h1-9,14H,10-13H2. The second-order valence-corrected chi connectivity index (χ2v) is 5.57. The van der Waals surface area contributed by atoms with Gasteiger partial charge in [-0.25, -0.2) is 0 Å². The van der Waals surface area contributed by atoms with Crippen LogP contribution in [-0.4, -0.2) is 11.6 Å². The average molecular weight is 278 g/mol. The van der Waals surface area contributed by atoms with Crippen LogP contribution >= 0.6 is 0 Å². The molecule has 0 saturated heterocycles. The van der Waals surface area contributed by atoms with Crippen molar-refractivity contribution in [3.05, 3.63) is 71.3 Å². The molecule has 21 heavy (non-hydrogen) atoms. The van der Waals surface area contributed by atoms with Gasteiger partial charge in [0.2, 0.25) is 0 Å². The first-order chi connectivity index (χ1) is 10.3. The van der Waals surface area contributed by atoms with Gasteiger partial charge in [0.05, 0.1) is 0 Å². The van der Waals surface area contributed by atoms with E-state index in [1.165, 1.54) is 12.8 Å². The second kappa shape index (κ2) is 6.04. The van der Waals surface area contributed by atoms with Crippen molar-refractivity contribution < 1.29 is 9.59 Å². The Kier molecular flexibility index (Phi) is 3.96. The Morgan fingerprint density at radius 1 is 0.810 bits per heavy atom. The molecule has 2 aromatic carbocycles. The minimum absolute atomic E-state index is 0.0350. The van der Waals surface area contributed by atoms with Crippen LogP contribution in [0.15, 0.2) is 54.6 Å². The molecular formula is C19H18O2. The molecule has 3 rings (SSSR count). The highest BCUT2D eigenvalue weighted by Gasteiger charge is 2.27. The Morgan fingerprint density at radius 3 is 2.14 bits per heavy atom. The van der Waals surface area contributed by atoms with E-state index in [9.17, 15) is 9.59 Å². The number of hydrogen-bond donors (Lipinski definition) is 0. The minimum atomic E-state index is 0.0350. The quantitative estimate of drug-likeness (QED) is 0.733. The maximum Gasteiger partial charge on any atom is 0.163 e. The molecule has 0 radical (unpaired) electrons. The lowest BCUT2D eigenvalue weighted by molar-refractivity contribution is 0.0917. The van der Waals surface area contributed by atoms with Crippen LogP contribution in [0.25, 0.3) is 0 Å². The summed E-state index contributed by atoms with van der Waals surface area (Å²) < 4.78 is 0. The highest BCUT2D eigenvalue weighted by atomic mass is 16.1. The van der Waals surface area contributed by atoms with E-state index in [2.05, 4.69) is 0 Å². The smallest absolute Gasteiger partial charge is 0.163 e. The fourth-order valence-corrected chi connectivity index (χ4v) is 2.63. The predicted octanol–water partition coefficient (Wildman–Crippen LogP) is 4.41. The molecule has 0 aliphatic heterocycles. The van der Waals surface area contributed by atoms with Crippen LogP contribution in [-0.2, 0) is 0 Å². The summed E-state index contributed by atoms with van der Waals surface area (Å²) in [4.78, 5) is 24.4. The van der Waals surface area contributed by atoms with Gasteiger partial charge in [0, 0.05) is 24.0 Å². The SMILES string of the molecule is O=C(CCC(=O)c1ccccc1C1CC1)c1ccccc1. The van der Waals surface area contributed by atoms with E-state index in [-0.39, 0.29) is 24.4 Å². The number of ketones is 2. The molecule has 2 nitrogen and oxygen atoms in total. The van der Waals surface area contributed by atoms with Crippen LogP contribution in [0.4, 0.5) is 0 Å². The van der Waals surface area contributed by atoms with Crippen molar-refractivity contribution in [2.45, 2.75) is 31.6 Å². The summed E-state index contributed by atoms with van der Waals surface area (Å²) in [5, 5.41) is 0. The average Bonchev–Trinajstić information content (AvgIpc) is 3.38. The number of Topliss-reactive ketones (excluding diaryl/α,β-unsaturated/α-hetero) is 2. The summed E-state index contributed by atoms with van der Waals surface area (Å²) in [5.41, 5.74) is 2.65. The van der Waals surface area contributed by atoms with Crippen molar-refractivity contribution in [2.75, 3.05) is 0 Å². The van der Waals surface area contributed by atoms with Gasteiger partial charge in [-0.3, -0.25) is 9.59 Å². The fourth-order valence-electron chi connectivity index (χ4n) is 2.63. The zero-order chi connectivity index (χ0) is 14.7. The van der Waals surface area contributed by atoms with Gasteiger partial charge in [0.25, 0.3) is 0 Å². The summed E-state index contributed by atoms with van der Waals surface area (Å²) in [6, 6.07) is 17.0. The van der Waals surface area contributed by atoms with Crippen LogP contribution in [0.5, 0.6) is 0 Å². The lowest BCUT2D eigenvalue weighted by Gasteiger charge is -2.07. The number of carbonyl (C=O) groups excluding carboxylic acids is 2. The molecule has 0 heterocycles. The fraction of sp³-hybridized carbons (Fsp3) is 0.263. The van der Waals surface area contributed by atoms with E-state index in [0.29, 0.717) is 11.5 Å². The molecule has 1 aliphatic rings. The zero-order valence-corrected chi connectivity index (χ0v) is 11.9. The van der Waals surface area contributed by atoms with Crippen molar-refractivity contribution in [2.24, 2.45) is 0 Å². The van der Waals surface area contributed by atoms with E-state index in [0.717, 1.165) is 11.1 Å². The Morgan fingerprint density at radius 2 is 1.43 bits per heavy atom. The number of carbonyl (C=O) groups is 2. The number of benzene rings is 2. The van der Waals surface area contributed by atoms with Gasteiger partial charge in [-0.15, -0.1) is 0 Å². The van der Waals surface area contributed by atoms with Crippen molar-refractivity contribution in [1.29, 1.82) is 0 Å². The maximum absolute atomic E-state index is 12.4. The summed E-state index contributed by atoms with van der Waals surface area (Å²) in [5.74, 6) is 0.671. The third-order valence-electron chi connectivity index (χ3n) is 3.95. The first-order valence-corrected chi connectivity index (χ1v) is 7.46. The van der Waals surface area contributed by atoms with E-state index >= 15 is 0 Å². The molecule has 2 aromatic rings. The van der Waals surface area contributed by atoms with Gasteiger partial charge >= 0.3 is 0 Å². The molecule has 2 heteroatoms. The largest absolute Gasteiger partial charge is 0.294 e. The van der Waals surface area contributed by atoms with Crippen molar-refractivity contribution in [1.82, 2.24) is 0 Å². The van der Waals surface area contributed by atoms with Crippen LogP contribution < -0.4 is 0 Å². The summed E-state index contributed by atoms with van der Waals surface area (Å²) in [7, 11) is 0. The lowest BCUT2D eigenvalue weighted by atomic mass is 9.96. The van der Waals surface area contributed by atoms with Gasteiger partial charge in [-0.2, -0.15) is 0 Å². The zero-order valence-electron chi connectivity index (χ0n) is 11.9. The molecule has 0 amide bonds. The molecular weight excluding hydrogens is 260 g/mol. The summed E-state index contributed by atoms with van der Waals surface area (Å²) in [6.07, 6.45) is 2.92. The van der Waals surface area contributed by atoms with E-state index in [1.807, 2.05) is 42.5 Å². The Labute approximate surface area is 124 Å². The van der Waals surface area contributed by atoms with Gasteiger partial charge in [0.15, 0.2) is 11.6 Å². The number of rotatable bonds is 6. The Balaban J connectivity index is 1.66. The molecule has 1 fully saturated rings. The topological polar surface area (TPSA) is 34.1 Å². The normalized spacial score (nSPS) is 13.9. The van der Waals surface area contributed by atoms with Crippen LogP contribution in [0.1, 0.15) is 57.9 Å². The molecule has 0 spiro atoms. The number of hydrogen-bond acceptors (Lipinski definition) is 2. The first-order valence-electron chi connectivity index (χ1n) is 7.46. The van der Waals surface area contributed by atoms with E-state index < -0.39 is 0 Å².